The highest BCUT2D eigenvalue weighted by Crippen LogP contribution is 2.37. The predicted octanol–water partition coefficient (Wildman–Crippen LogP) is 2.09. The Kier molecular flexibility index (Phi) is 4.98. The Labute approximate surface area is 149 Å². The summed E-state index contributed by atoms with van der Waals surface area (Å²) in [6.07, 6.45) is 3.15. The highest BCUT2D eigenvalue weighted by atomic mass is 127. The van der Waals surface area contributed by atoms with E-state index >= 15 is 0 Å². The van der Waals surface area contributed by atoms with Crippen LogP contribution in [0, 0.1) is 3.57 Å². The molecule has 1 aromatic carbocycles. The van der Waals surface area contributed by atoms with Crippen molar-refractivity contribution in [1.29, 1.82) is 0 Å². The van der Waals surface area contributed by atoms with Gasteiger partial charge in [0.1, 0.15) is 0 Å². The zero-order valence-electron chi connectivity index (χ0n) is 13.2. The normalized spacial score (nSPS) is 19.1. The van der Waals surface area contributed by atoms with E-state index in [4.69, 9.17) is 9.47 Å². The molecule has 3 rings (SSSR count). The van der Waals surface area contributed by atoms with Gasteiger partial charge in [0.05, 0.1) is 13.5 Å². The van der Waals surface area contributed by atoms with E-state index in [1.807, 2.05) is 12.1 Å². The summed E-state index contributed by atoms with van der Waals surface area (Å²) in [5.74, 6) is -2.42. The van der Waals surface area contributed by atoms with E-state index in [1.165, 1.54) is 7.11 Å². The second-order valence-corrected chi connectivity index (χ2v) is 8.55. The van der Waals surface area contributed by atoms with Crippen LogP contribution in [0.1, 0.15) is 31.2 Å². The molecule has 0 aromatic heterocycles. The zero-order valence-corrected chi connectivity index (χ0v) is 15.3. The lowest BCUT2D eigenvalue weighted by Gasteiger charge is -2.32. The number of carbonyl (C=O) groups is 3. The van der Waals surface area contributed by atoms with Crippen LogP contribution in [-0.2, 0) is 35.0 Å². The number of ether oxygens (including phenoxy) is 3. The van der Waals surface area contributed by atoms with E-state index in [-0.39, 0.29) is 15.9 Å². The second-order valence-electron chi connectivity index (χ2n) is 5.68. The molecule has 0 unspecified atom stereocenters. The fraction of sp³-hybridized carbons (Fsp3) is 0.412. The van der Waals surface area contributed by atoms with Gasteiger partial charge in [0.2, 0.25) is 0 Å². The molecule has 6 nitrogen and oxygen atoms in total. The summed E-state index contributed by atoms with van der Waals surface area (Å²) >= 11 is -0.993. The maximum atomic E-state index is 12.2. The number of benzene rings is 1. The number of carbonyl (C=O) groups excluding carboxylic acids is 3. The van der Waals surface area contributed by atoms with Gasteiger partial charge in [-0.3, -0.25) is 4.79 Å². The largest absolute Gasteiger partial charge is 0.469 e. The van der Waals surface area contributed by atoms with Gasteiger partial charge in [-0.05, 0) is 30.5 Å². The molecule has 1 saturated heterocycles. The van der Waals surface area contributed by atoms with Crippen LogP contribution < -0.4 is 0 Å². The monoisotopic (exact) mass is 444 g/mol. The number of methoxy groups -OCH3 is 1. The Morgan fingerprint density at radius 3 is 2.25 bits per heavy atom. The summed E-state index contributed by atoms with van der Waals surface area (Å²) < 4.78 is 16.5. The van der Waals surface area contributed by atoms with Crippen LogP contribution in [0.2, 0.25) is 0 Å². The van der Waals surface area contributed by atoms with E-state index in [9.17, 15) is 14.4 Å². The number of halogens is 1. The molecule has 1 heterocycles. The third-order valence-corrected chi connectivity index (χ3v) is 6.74. The topological polar surface area (TPSA) is 78.9 Å². The molecular formula is C17H17IO6. The quantitative estimate of drug-likeness (QED) is 0.525. The van der Waals surface area contributed by atoms with Crippen molar-refractivity contribution in [2.75, 3.05) is 7.11 Å². The molecular weight excluding hydrogens is 427 g/mol. The first-order valence-electron chi connectivity index (χ1n) is 7.65. The van der Waals surface area contributed by atoms with Crippen molar-refractivity contribution in [3.8, 4) is 0 Å². The van der Waals surface area contributed by atoms with Crippen molar-refractivity contribution < 1.29 is 28.6 Å². The average molecular weight is 444 g/mol. The minimum Gasteiger partial charge on any atom is -0.469 e. The molecule has 0 bridgehead atoms. The summed E-state index contributed by atoms with van der Waals surface area (Å²) in [7, 11) is 1.34. The highest BCUT2D eigenvalue weighted by molar-refractivity contribution is 14.2. The Balaban J connectivity index is 1.75. The molecule has 0 radical (unpaired) electrons. The molecule has 0 amide bonds. The van der Waals surface area contributed by atoms with Crippen LogP contribution in [0.4, 0.5) is 0 Å². The molecule has 2 fully saturated rings. The van der Waals surface area contributed by atoms with Crippen LogP contribution in [0.3, 0.4) is 0 Å². The smallest absolute Gasteiger partial charge is 0.354 e. The van der Waals surface area contributed by atoms with Gasteiger partial charge < -0.3 is 14.2 Å². The minimum absolute atomic E-state index is 0.118. The summed E-state index contributed by atoms with van der Waals surface area (Å²) in [6, 6.07) is 7.23. The molecule has 2 aliphatic rings. The predicted molar refractivity (Wildman–Crippen MR) is 93.3 cm³/mol. The molecule has 1 saturated carbocycles. The highest BCUT2D eigenvalue weighted by Gasteiger charge is 2.48. The van der Waals surface area contributed by atoms with Gasteiger partial charge >= 0.3 is 17.9 Å². The van der Waals surface area contributed by atoms with Crippen LogP contribution in [-0.4, -0.2) is 34.3 Å². The van der Waals surface area contributed by atoms with E-state index < -0.39 is 38.5 Å². The number of hydrogen-bond acceptors (Lipinski definition) is 6. The maximum absolute atomic E-state index is 12.2. The van der Waals surface area contributed by atoms with Crippen molar-refractivity contribution >= 4 is 42.1 Å². The summed E-state index contributed by atoms with van der Waals surface area (Å²) in [5, 5.41) is 0. The molecule has 1 aliphatic heterocycles. The third-order valence-electron chi connectivity index (χ3n) is 3.97. The van der Waals surface area contributed by atoms with E-state index in [0.29, 0.717) is 12.8 Å². The Morgan fingerprint density at radius 2 is 1.71 bits per heavy atom. The van der Waals surface area contributed by atoms with Gasteiger partial charge in [0.25, 0.3) is 5.79 Å². The van der Waals surface area contributed by atoms with Crippen molar-refractivity contribution in [2.45, 2.75) is 37.9 Å². The average Bonchev–Trinajstić information content (AvgIpc) is 3.00. The van der Waals surface area contributed by atoms with Crippen molar-refractivity contribution in [3.05, 3.63) is 33.4 Å². The Hall–Kier alpha value is -1.77. The fourth-order valence-corrected chi connectivity index (χ4v) is 4.74. The lowest BCUT2D eigenvalue weighted by Crippen LogP contribution is -2.48. The van der Waals surface area contributed by atoms with Gasteiger partial charge in [-0.1, -0.05) is 32.9 Å². The number of rotatable bonds is 3. The van der Waals surface area contributed by atoms with Crippen LogP contribution in [0.5, 0.6) is 0 Å². The van der Waals surface area contributed by atoms with E-state index in [0.717, 1.165) is 22.0 Å². The molecule has 0 atom stereocenters. The van der Waals surface area contributed by atoms with Gasteiger partial charge in [-0.25, -0.2) is 9.59 Å². The van der Waals surface area contributed by atoms with Crippen molar-refractivity contribution in [2.24, 2.45) is 0 Å². The van der Waals surface area contributed by atoms with Crippen LogP contribution in [0.25, 0.3) is 0 Å². The maximum Gasteiger partial charge on any atom is 0.354 e. The lowest BCUT2D eigenvalue weighted by atomic mass is 10.2. The zero-order chi connectivity index (χ0) is 17.2. The molecule has 1 spiro atoms. The molecule has 0 N–H and O–H groups in total. The molecule has 1 aromatic rings. The van der Waals surface area contributed by atoms with Gasteiger partial charge in [-0.2, -0.15) is 0 Å². The molecule has 7 heteroatoms. The van der Waals surface area contributed by atoms with E-state index in [1.54, 1.807) is 12.1 Å². The first kappa shape index (κ1) is 17.1. The third kappa shape index (κ3) is 3.66. The first-order chi connectivity index (χ1) is 11.5. The SMILES string of the molecule is COC(=O)Cc1ccc(I=C2C(=O)OC3(CCCC3)OC2=O)cc1. The van der Waals surface area contributed by atoms with Gasteiger partial charge in [0.15, 0.2) is 3.51 Å². The van der Waals surface area contributed by atoms with Crippen molar-refractivity contribution in [1.82, 2.24) is 0 Å². The first-order valence-corrected chi connectivity index (χ1v) is 9.81. The molecule has 128 valence electrons. The number of hydrogen-bond donors (Lipinski definition) is 0. The van der Waals surface area contributed by atoms with Crippen LogP contribution in [0.15, 0.2) is 24.3 Å². The summed E-state index contributed by atoms with van der Waals surface area (Å²) in [6.45, 7) is 0. The van der Waals surface area contributed by atoms with Crippen LogP contribution >= 0.6 is 20.7 Å². The van der Waals surface area contributed by atoms with E-state index in [2.05, 4.69) is 4.74 Å². The Bertz CT molecular complexity index is 678. The minimum atomic E-state index is -1.02. The second kappa shape index (κ2) is 7.00. The standard InChI is InChI=1S/C17H17IO6/c1-22-13(19)10-11-4-6-12(7-5-11)18-14-15(20)23-17(24-16(14)21)8-2-3-9-17/h4-7H,2-3,8-10H2,1H3. The van der Waals surface area contributed by atoms with Gasteiger partial charge in [0, 0.05) is 16.4 Å². The fourth-order valence-electron chi connectivity index (χ4n) is 2.74. The lowest BCUT2D eigenvalue weighted by molar-refractivity contribution is -0.224. The Morgan fingerprint density at radius 1 is 1.12 bits per heavy atom. The van der Waals surface area contributed by atoms with Gasteiger partial charge in [-0.15, -0.1) is 0 Å². The van der Waals surface area contributed by atoms with Crippen molar-refractivity contribution in [3.63, 3.8) is 0 Å². The molecule has 1 aliphatic carbocycles. The summed E-state index contributed by atoms with van der Waals surface area (Å²) in [5.41, 5.74) is 0.818. The summed E-state index contributed by atoms with van der Waals surface area (Å²) in [4.78, 5) is 35.7. The molecule has 24 heavy (non-hydrogen) atoms. The number of esters is 3.